The van der Waals surface area contributed by atoms with Crippen molar-refractivity contribution in [1.29, 1.82) is 0 Å². The molecule has 3 heterocycles. The first kappa shape index (κ1) is 16.7. The summed E-state index contributed by atoms with van der Waals surface area (Å²) in [7, 11) is 1.96. The van der Waals surface area contributed by atoms with E-state index in [-0.39, 0.29) is 11.9 Å². The average Bonchev–Trinajstić information content (AvgIpc) is 3.23. The number of aromatic amines is 1. The Bertz CT molecular complexity index is 690. The molecule has 1 saturated heterocycles. The van der Waals surface area contributed by atoms with E-state index in [0.717, 1.165) is 61.4 Å². The number of aromatic nitrogens is 5. The van der Waals surface area contributed by atoms with E-state index >= 15 is 0 Å². The lowest BCUT2D eigenvalue weighted by Gasteiger charge is -2.34. The Labute approximate surface area is 142 Å². The highest BCUT2D eigenvalue weighted by Crippen LogP contribution is 2.29. The molecule has 0 saturated carbocycles. The highest BCUT2D eigenvalue weighted by atomic mass is 16.2. The highest BCUT2D eigenvalue weighted by molar-refractivity contribution is 5.80. The number of hydrogen-bond donors (Lipinski definition) is 1. The van der Waals surface area contributed by atoms with Gasteiger partial charge in [-0.3, -0.25) is 14.6 Å². The molecule has 0 aliphatic carbocycles. The van der Waals surface area contributed by atoms with Crippen molar-refractivity contribution >= 4 is 5.91 Å². The van der Waals surface area contributed by atoms with Crippen molar-refractivity contribution in [2.45, 2.75) is 58.4 Å². The number of aryl methyl sites for hydroxylation is 2. The molecule has 130 valence electrons. The zero-order valence-electron chi connectivity index (χ0n) is 14.7. The predicted molar refractivity (Wildman–Crippen MR) is 90.4 cm³/mol. The summed E-state index contributed by atoms with van der Waals surface area (Å²) >= 11 is 0. The Morgan fingerprint density at radius 1 is 1.33 bits per heavy atom. The molecule has 1 fully saturated rings. The largest absolute Gasteiger partial charge is 0.332 e. The maximum absolute atomic E-state index is 13.0. The van der Waals surface area contributed by atoms with Gasteiger partial charge in [-0.1, -0.05) is 13.8 Å². The van der Waals surface area contributed by atoms with Crippen LogP contribution >= 0.6 is 0 Å². The van der Waals surface area contributed by atoms with E-state index in [1.165, 1.54) is 6.33 Å². The fraction of sp³-hybridized carbons (Fsp3) is 0.647. The summed E-state index contributed by atoms with van der Waals surface area (Å²) in [5, 5.41) is 11.5. The zero-order valence-corrected chi connectivity index (χ0v) is 14.7. The average molecular weight is 330 g/mol. The number of amides is 1. The van der Waals surface area contributed by atoms with E-state index in [9.17, 15) is 4.79 Å². The van der Waals surface area contributed by atoms with E-state index in [1.807, 2.05) is 16.6 Å². The monoisotopic (exact) mass is 330 g/mol. The van der Waals surface area contributed by atoms with Crippen molar-refractivity contribution in [2.24, 2.45) is 7.05 Å². The van der Waals surface area contributed by atoms with Gasteiger partial charge in [-0.05, 0) is 32.1 Å². The van der Waals surface area contributed by atoms with Gasteiger partial charge in [0, 0.05) is 24.8 Å². The molecule has 2 aromatic heterocycles. The summed E-state index contributed by atoms with van der Waals surface area (Å²) in [5.41, 5.74) is 3.30. The minimum atomic E-state index is 0.0144. The van der Waals surface area contributed by atoms with Crippen molar-refractivity contribution in [3.05, 3.63) is 29.1 Å². The SMILES string of the molecule is CCc1nn(C)c(CC)c1CC(=O)N1CCCC[C@@H]1c1ncn[nH]1. The first-order chi connectivity index (χ1) is 11.7. The van der Waals surface area contributed by atoms with Crippen LogP contribution in [0.4, 0.5) is 0 Å². The summed E-state index contributed by atoms with van der Waals surface area (Å²) in [6, 6.07) is 0.0144. The van der Waals surface area contributed by atoms with E-state index in [4.69, 9.17) is 0 Å². The molecular formula is C17H26N6O. The first-order valence-corrected chi connectivity index (χ1v) is 8.84. The molecular weight excluding hydrogens is 304 g/mol. The molecule has 0 aromatic carbocycles. The fourth-order valence-electron chi connectivity index (χ4n) is 3.74. The molecule has 7 nitrogen and oxygen atoms in total. The Morgan fingerprint density at radius 2 is 2.17 bits per heavy atom. The number of H-pyrrole nitrogens is 1. The Hall–Kier alpha value is -2.18. The molecule has 0 spiro atoms. The summed E-state index contributed by atoms with van der Waals surface area (Å²) < 4.78 is 1.92. The van der Waals surface area contributed by atoms with Crippen LogP contribution in [0.25, 0.3) is 0 Å². The number of carbonyl (C=O) groups excluding carboxylic acids is 1. The number of hydrogen-bond acceptors (Lipinski definition) is 4. The van der Waals surface area contributed by atoms with Crippen molar-refractivity contribution in [3.63, 3.8) is 0 Å². The standard InChI is InChI=1S/C17H26N6O/c1-4-13-12(14(5-2)22(3)21-13)10-16(24)23-9-7-6-8-15(23)17-18-11-19-20-17/h11,15H,4-10H2,1-3H3,(H,18,19,20)/t15-/m1/s1. The number of nitrogens with zero attached hydrogens (tertiary/aromatic N) is 5. The normalized spacial score (nSPS) is 18.1. The van der Waals surface area contributed by atoms with E-state index in [2.05, 4.69) is 34.1 Å². The lowest BCUT2D eigenvalue weighted by Crippen LogP contribution is -2.40. The Kier molecular flexibility index (Phi) is 4.97. The fourth-order valence-corrected chi connectivity index (χ4v) is 3.74. The smallest absolute Gasteiger partial charge is 0.227 e. The topological polar surface area (TPSA) is 79.7 Å². The van der Waals surface area contributed by atoms with Crippen LogP contribution in [0, 0.1) is 0 Å². The maximum Gasteiger partial charge on any atom is 0.227 e. The van der Waals surface area contributed by atoms with Gasteiger partial charge in [-0.15, -0.1) is 0 Å². The van der Waals surface area contributed by atoms with Crippen LogP contribution in [-0.4, -0.2) is 42.3 Å². The lowest BCUT2D eigenvalue weighted by atomic mass is 9.99. The van der Waals surface area contributed by atoms with Gasteiger partial charge >= 0.3 is 0 Å². The van der Waals surface area contributed by atoms with E-state index in [0.29, 0.717) is 6.42 Å². The predicted octanol–water partition coefficient (Wildman–Crippen LogP) is 1.96. The maximum atomic E-state index is 13.0. The van der Waals surface area contributed by atoms with Crippen molar-refractivity contribution in [3.8, 4) is 0 Å². The minimum absolute atomic E-state index is 0.0144. The molecule has 3 rings (SSSR count). The third-order valence-corrected chi connectivity index (χ3v) is 4.93. The summed E-state index contributed by atoms with van der Waals surface area (Å²) in [4.78, 5) is 19.3. The van der Waals surface area contributed by atoms with Gasteiger partial charge in [-0.2, -0.15) is 10.2 Å². The molecule has 2 aromatic rings. The van der Waals surface area contributed by atoms with Crippen molar-refractivity contribution in [2.75, 3.05) is 6.54 Å². The minimum Gasteiger partial charge on any atom is -0.332 e. The number of piperidine rings is 1. The molecule has 1 aliphatic rings. The van der Waals surface area contributed by atoms with E-state index < -0.39 is 0 Å². The van der Waals surface area contributed by atoms with Crippen LogP contribution in [0.15, 0.2) is 6.33 Å². The van der Waals surface area contributed by atoms with Gasteiger partial charge in [0.2, 0.25) is 5.91 Å². The molecule has 24 heavy (non-hydrogen) atoms. The van der Waals surface area contributed by atoms with Crippen molar-refractivity contribution < 1.29 is 4.79 Å². The number of nitrogens with one attached hydrogen (secondary N) is 1. The van der Waals surface area contributed by atoms with Crippen LogP contribution in [-0.2, 0) is 31.1 Å². The van der Waals surface area contributed by atoms with Crippen LogP contribution < -0.4 is 0 Å². The van der Waals surface area contributed by atoms with Gasteiger partial charge < -0.3 is 4.90 Å². The van der Waals surface area contributed by atoms with Gasteiger partial charge in [0.15, 0.2) is 0 Å². The van der Waals surface area contributed by atoms with Gasteiger partial charge in [0.05, 0.1) is 18.2 Å². The van der Waals surface area contributed by atoms with Gasteiger partial charge in [0.25, 0.3) is 0 Å². The molecule has 0 bridgehead atoms. The Balaban J connectivity index is 1.83. The summed E-state index contributed by atoms with van der Waals surface area (Å²) in [6.45, 7) is 4.99. The number of rotatable bonds is 5. The van der Waals surface area contributed by atoms with Crippen molar-refractivity contribution in [1.82, 2.24) is 29.9 Å². The lowest BCUT2D eigenvalue weighted by molar-refractivity contribution is -0.134. The molecule has 1 N–H and O–H groups in total. The van der Waals surface area contributed by atoms with Crippen LogP contribution in [0.1, 0.15) is 61.9 Å². The third-order valence-electron chi connectivity index (χ3n) is 4.93. The number of carbonyl (C=O) groups is 1. The molecule has 7 heteroatoms. The van der Waals surface area contributed by atoms with Crippen LogP contribution in [0.5, 0.6) is 0 Å². The Morgan fingerprint density at radius 3 is 2.83 bits per heavy atom. The quantitative estimate of drug-likeness (QED) is 0.909. The highest BCUT2D eigenvalue weighted by Gasteiger charge is 2.31. The van der Waals surface area contributed by atoms with Crippen LogP contribution in [0.2, 0.25) is 0 Å². The second kappa shape index (κ2) is 7.15. The molecule has 1 aliphatic heterocycles. The zero-order chi connectivity index (χ0) is 17.1. The second-order valence-electron chi connectivity index (χ2n) is 6.35. The van der Waals surface area contributed by atoms with Gasteiger partial charge in [0.1, 0.15) is 12.2 Å². The molecule has 0 radical (unpaired) electrons. The third kappa shape index (κ3) is 3.07. The van der Waals surface area contributed by atoms with Gasteiger partial charge in [-0.25, -0.2) is 4.98 Å². The first-order valence-electron chi connectivity index (χ1n) is 8.84. The molecule has 1 atom stereocenters. The molecule has 1 amide bonds. The second-order valence-corrected chi connectivity index (χ2v) is 6.35. The molecule has 0 unspecified atom stereocenters. The van der Waals surface area contributed by atoms with E-state index in [1.54, 1.807) is 0 Å². The summed E-state index contributed by atoms with van der Waals surface area (Å²) in [5.74, 6) is 0.953. The van der Waals surface area contributed by atoms with Crippen LogP contribution in [0.3, 0.4) is 0 Å². The summed E-state index contributed by atoms with van der Waals surface area (Å²) in [6.07, 6.45) is 6.77. The number of likely N-dealkylation sites (tertiary alicyclic amines) is 1.